The molecule has 2 aromatic heterocycles. The van der Waals surface area contributed by atoms with Crippen molar-refractivity contribution in [3.8, 4) is 0 Å². The summed E-state index contributed by atoms with van der Waals surface area (Å²) in [6.07, 6.45) is 1.07. The number of hydrogen-bond acceptors (Lipinski definition) is 5. The minimum atomic E-state index is 0.393. The number of aryl methyl sites for hydroxylation is 2. The Bertz CT molecular complexity index is 853. The molecule has 0 saturated heterocycles. The van der Waals surface area contributed by atoms with Crippen molar-refractivity contribution in [1.29, 1.82) is 0 Å². The molecule has 1 aromatic carbocycles. The van der Waals surface area contributed by atoms with E-state index in [1.807, 2.05) is 25.1 Å². The number of hydrogen-bond donors (Lipinski definition) is 2. The fourth-order valence-corrected chi connectivity index (χ4v) is 3.16. The monoisotopic (exact) mass is 294 g/mol. The smallest absolute Gasteiger partial charge is 0.143 e. The van der Waals surface area contributed by atoms with Gasteiger partial charge in [-0.25, -0.2) is 20.8 Å². The molecule has 1 aliphatic carbocycles. The molecule has 1 saturated carbocycles. The highest BCUT2D eigenvalue weighted by Gasteiger charge is 2.43. The first-order chi connectivity index (χ1) is 10.7. The van der Waals surface area contributed by atoms with Crippen LogP contribution in [0.1, 0.15) is 35.6 Å². The van der Waals surface area contributed by atoms with Gasteiger partial charge in [0.1, 0.15) is 17.5 Å². The van der Waals surface area contributed by atoms with Crippen molar-refractivity contribution in [1.82, 2.24) is 19.5 Å². The molecular formula is C16H18N6. The Balaban J connectivity index is 1.69. The van der Waals surface area contributed by atoms with E-state index in [0.717, 1.165) is 29.3 Å². The maximum Gasteiger partial charge on any atom is 0.143 e. The third-order valence-electron chi connectivity index (χ3n) is 4.33. The first kappa shape index (κ1) is 13.2. The number of nitrogens with two attached hydrogens (primary N) is 1. The van der Waals surface area contributed by atoms with Gasteiger partial charge in [-0.05, 0) is 25.5 Å². The van der Waals surface area contributed by atoms with E-state index in [-0.39, 0.29) is 0 Å². The summed E-state index contributed by atoms with van der Waals surface area (Å²) in [7, 11) is 2.08. The summed E-state index contributed by atoms with van der Waals surface area (Å²) in [5, 5.41) is 0. The third-order valence-corrected chi connectivity index (χ3v) is 4.33. The van der Waals surface area contributed by atoms with Gasteiger partial charge in [-0.3, -0.25) is 0 Å². The van der Waals surface area contributed by atoms with Crippen LogP contribution in [-0.2, 0) is 7.05 Å². The van der Waals surface area contributed by atoms with Gasteiger partial charge in [0.25, 0.3) is 0 Å². The number of para-hydroxylation sites is 2. The number of benzene rings is 1. The zero-order valence-corrected chi connectivity index (χ0v) is 12.6. The van der Waals surface area contributed by atoms with Gasteiger partial charge in [0, 0.05) is 24.9 Å². The highest BCUT2D eigenvalue weighted by Crippen LogP contribution is 2.54. The summed E-state index contributed by atoms with van der Waals surface area (Å²) in [5.41, 5.74) is 5.87. The number of imidazole rings is 1. The molecule has 0 radical (unpaired) electrons. The topological polar surface area (TPSA) is 81.6 Å². The maximum absolute atomic E-state index is 5.47. The molecule has 4 rings (SSSR count). The number of nitrogens with zero attached hydrogens (tertiary/aromatic N) is 4. The second kappa shape index (κ2) is 4.78. The van der Waals surface area contributed by atoms with Crippen LogP contribution in [0.15, 0.2) is 30.3 Å². The van der Waals surface area contributed by atoms with E-state index in [9.17, 15) is 0 Å². The van der Waals surface area contributed by atoms with Crippen molar-refractivity contribution >= 4 is 16.9 Å². The number of hydrazine groups is 1. The van der Waals surface area contributed by atoms with Gasteiger partial charge in [0.2, 0.25) is 0 Å². The van der Waals surface area contributed by atoms with Crippen LogP contribution in [0.3, 0.4) is 0 Å². The molecule has 2 heterocycles. The molecule has 0 amide bonds. The van der Waals surface area contributed by atoms with E-state index in [4.69, 9.17) is 10.8 Å². The quantitative estimate of drug-likeness (QED) is 0.572. The van der Waals surface area contributed by atoms with Gasteiger partial charge in [-0.15, -0.1) is 0 Å². The summed E-state index contributed by atoms with van der Waals surface area (Å²) in [6, 6.07) is 10.2. The normalized spacial score (nSPS) is 20.3. The van der Waals surface area contributed by atoms with Crippen LogP contribution in [0, 0.1) is 6.92 Å². The van der Waals surface area contributed by atoms with Crippen LogP contribution in [0.2, 0.25) is 0 Å². The summed E-state index contributed by atoms with van der Waals surface area (Å²) in [6.45, 7) is 1.89. The molecule has 0 bridgehead atoms. The predicted octanol–water partition coefficient (Wildman–Crippen LogP) is 2.23. The lowest BCUT2D eigenvalue weighted by atomic mass is 10.2. The molecule has 22 heavy (non-hydrogen) atoms. The zero-order chi connectivity index (χ0) is 15.3. The molecule has 0 aliphatic heterocycles. The van der Waals surface area contributed by atoms with E-state index in [1.165, 1.54) is 5.52 Å². The lowest BCUT2D eigenvalue weighted by molar-refractivity contribution is 0.795. The number of anilines is 1. The third kappa shape index (κ3) is 2.03. The largest absolute Gasteiger partial charge is 0.331 e. The van der Waals surface area contributed by atoms with Crippen molar-refractivity contribution < 1.29 is 0 Å². The van der Waals surface area contributed by atoms with Crippen molar-refractivity contribution in [3.05, 3.63) is 47.7 Å². The van der Waals surface area contributed by atoms with Crippen molar-refractivity contribution in [2.45, 2.75) is 25.2 Å². The van der Waals surface area contributed by atoms with Gasteiger partial charge >= 0.3 is 0 Å². The average Bonchev–Trinajstić information content (AvgIpc) is 3.25. The Morgan fingerprint density at radius 1 is 1.18 bits per heavy atom. The van der Waals surface area contributed by atoms with Gasteiger partial charge in [0.05, 0.1) is 16.7 Å². The molecule has 3 N–H and O–H groups in total. The molecule has 0 unspecified atom stereocenters. The number of fused-ring (bicyclic) bond motifs is 1. The van der Waals surface area contributed by atoms with Crippen LogP contribution in [0.4, 0.5) is 5.82 Å². The van der Waals surface area contributed by atoms with Crippen molar-refractivity contribution in [2.75, 3.05) is 5.43 Å². The van der Waals surface area contributed by atoms with Gasteiger partial charge in [-0.1, -0.05) is 12.1 Å². The minimum Gasteiger partial charge on any atom is -0.331 e. The first-order valence-corrected chi connectivity index (χ1v) is 7.41. The van der Waals surface area contributed by atoms with E-state index >= 15 is 0 Å². The van der Waals surface area contributed by atoms with Crippen molar-refractivity contribution in [3.63, 3.8) is 0 Å². The Labute approximate surface area is 128 Å². The van der Waals surface area contributed by atoms with Crippen LogP contribution in [0.25, 0.3) is 11.0 Å². The van der Waals surface area contributed by atoms with Crippen LogP contribution in [-0.4, -0.2) is 19.5 Å². The number of nitrogen functional groups attached to an aromatic ring is 1. The molecule has 112 valence electrons. The standard InChI is InChI=1S/C16H18N6/c1-9-18-13(8-15(19-9)21-17)10-7-11(10)16-20-12-5-3-4-6-14(12)22(16)2/h3-6,8,10-11H,7,17H2,1-2H3,(H,18,19,21)/t10-,11-/m1/s1. The van der Waals surface area contributed by atoms with E-state index in [0.29, 0.717) is 17.7 Å². The molecule has 0 spiro atoms. The molecule has 2 atom stereocenters. The molecule has 6 nitrogen and oxygen atoms in total. The fourth-order valence-electron chi connectivity index (χ4n) is 3.16. The Morgan fingerprint density at radius 2 is 2.00 bits per heavy atom. The molecule has 6 heteroatoms. The van der Waals surface area contributed by atoms with Crippen LogP contribution < -0.4 is 11.3 Å². The van der Waals surface area contributed by atoms with Gasteiger partial charge < -0.3 is 9.99 Å². The Hall–Kier alpha value is -2.47. The summed E-state index contributed by atoms with van der Waals surface area (Å²) in [5.74, 6) is 8.81. The van der Waals surface area contributed by atoms with Crippen LogP contribution in [0.5, 0.6) is 0 Å². The van der Waals surface area contributed by atoms with Gasteiger partial charge in [-0.2, -0.15) is 0 Å². The number of rotatable bonds is 3. The first-order valence-electron chi connectivity index (χ1n) is 7.41. The second-order valence-corrected chi connectivity index (χ2v) is 5.84. The van der Waals surface area contributed by atoms with E-state index < -0.39 is 0 Å². The molecule has 1 fully saturated rings. The fraction of sp³-hybridized carbons (Fsp3) is 0.312. The SMILES string of the molecule is Cc1nc(NN)cc([C@@H]2C[C@H]2c2nc3ccccc3n2C)n1. The highest BCUT2D eigenvalue weighted by atomic mass is 15.3. The van der Waals surface area contributed by atoms with Crippen molar-refractivity contribution in [2.24, 2.45) is 12.9 Å². The van der Waals surface area contributed by atoms with Crippen LogP contribution >= 0.6 is 0 Å². The second-order valence-electron chi connectivity index (χ2n) is 5.84. The highest BCUT2D eigenvalue weighted by molar-refractivity contribution is 5.76. The van der Waals surface area contributed by atoms with E-state index in [1.54, 1.807) is 0 Å². The summed E-state index contributed by atoms with van der Waals surface area (Å²) in [4.78, 5) is 13.6. The average molecular weight is 294 g/mol. The molecule has 3 aromatic rings. The Morgan fingerprint density at radius 3 is 2.77 bits per heavy atom. The maximum atomic E-state index is 5.47. The number of nitrogens with one attached hydrogen (secondary N) is 1. The molecular weight excluding hydrogens is 276 g/mol. The molecule has 1 aliphatic rings. The van der Waals surface area contributed by atoms with E-state index in [2.05, 4.69) is 39.1 Å². The summed E-state index contributed by atoms with van der Waals surface area (Å²) < 4.78 is 2.19. The number of aromatic nitrogens is 4. The minimum absolute atomic E-state index is 0.393. The summed E-state index contributed by atoms with van der Waals surface area (Å²) >= 11 is 0. The Kier molecular flexibility index (Phi) is 2.87. The predicted molar refractivity (Wildman–Crippen MR) is 85.4 cm³/mol. The van der Waals surface area contributed by atoms with Gasteiger partial charge in [0.15, 0.2) is 0 Å². The lowest BCUT2D eigenvalue weighted by Gasteiger charge is -2.05. The lowest BCUT2D eigenvalue weighted by Crippen LogP contribution is -2.10. The zero-order valence-electron chi connectivity index (χ0n) is 12.6.